The van der Waals surface area contributed by atoms with Gasteiger partial charge in [0.15, 0.2) is 0 Å². The van der Waals surface area contributed by atoms with E-state index in [1.807, 2.05) is 0 Å². The fraction of sp³-hybridized carbons (Fsp3) is 0.833. The van der Waals surface area contributed by atoms with Crippen molar-refractivity contribution in [1.29, 1.82) is 0 Å². The van der Waals surface area contributed by atoms with E-state index in [9.17, 15) is 9.59 Å². The van der Waals surface area contributed by atoms with Gasteiger partial charge in [0.05, 0.1) is 20.1 Å². The third-order valence-electron chi connectivity index (χ3n) is 3.18. The highest BCUT2D eigenvalue weighted by Gasteiger charge is 2.19. The number of methoxy groups -OCH3 is 1. The molecule has 18 heavy (non-hydrogen) atoms. The van der Waals surface area contributed by atoms with Crippen LogP contribution in [0.2, 0.25) is 0 Å². The van der Waals surface area contributed by atoms with Crippen LogP contribution in [0.25, 0.3) is 0 Å². The molecule has 0 aliphatic carbocycles. The summed E-state index contributed by atoms with van der Waals surface area (Å²) in [5.74, 6) is -0.0294. The predicted molar refractivity (Wildman–Crippen MR) is 68.2 cm³/mol. The maximum Gasteiger partial charge on any atom is 0.306 e. The smallest absolute Gasteiger partial charge is 0.306 e. The van der Waals surface area contributed by atoms with Crippen LogP contribution in [0.15, 0.2) is 0 Å². The normalized spacial score (nSPS) is 17.5. The van der Waals surface area contributed by atoms with Crippen LogP contribution in [0.4, 0.5) is 0 Å². The monoisotopic (exact) mass is 257 g/mol. The summed E-state index contributed by atoms with van der Waals surface area (Å²) >= 11 is 0. The van der Waals surface area contributed by atoms with Crippen LogP contribution in [0.1, 0.15) is 6.42 Å². The highest BCUT2D eigenvalue weighted by molar-refractivity contribution is 5.77. The zero-order chi connectivity index (χ0) is 13.5. The summed E-state index contributed by atoms with van der Waals surface area (Å²) < 4.78 is 4.62. The Morgan fingerprint density at radius 3 is 2.17 bits per heavy atom. The van der Waals surface area contributed by atoms with Gasteiger partial charge >= 0.3 is 5.97 Å². The minimum atomic E-state index is -0.166. The summed E-state index contributed by atoms with van der Waals surface area (Å²) in [6.07, 6.45) is 0.438. The summed E-state index contributed by atoms with van der Waals surface area (Å²) in [7, 11) is 4.96. The molecule has 6 heteroatoms. The largest absolute Gasteiger partial charge is 0.469 e. The van der Waals surface area contributed by atoms with Gasteiger partial charge in [-0.3, -0.25) is 14.5 Å². The molecule has 0 N–H and O–H groups in total. The molecule has 0 atom stereocenters. The van der Waals surface area contributed by atoms with E-state index in [0.29, 0.717) is 13.0 Å². The number of piperazine rings is 1. The van der Waals surface area contributed by atoms with Crippen molar-refractivity contribution >= 4 is 11.9 Å². The molecule has 0 aromatic rings. The quantitative estimate of drug-likeness (QED) is 0.607. The molecule has 104 valence electrons. The number of carbonyl (C=O) groups is 2. The van der Waals surface area contributed by atoms with E-state index in [4.69, 9.17) is 0 Å². The Morgan fingerprint density at radius 2 is 1.67 bits per heavy atom. The lowest BCUT2D eigenvalue weighted by molar-refractivity contribution is -0.141. The van der Waals surface area contributed by atoms with Crippen LogP contribution in [-0.2, 0) is 14.3 Å². The third kappa shape index (κ3) is 5.01. The Hall–Kier alpha value is -1.14. The molecule has 0 bridgehead atoms. The first-order valence-electron chi connectivity index (χ1n) is 6.24. The maximum atomic E-state index is 11.6. The molecule has 0 radical (unpaired) electrons. The van der Waals surface area contributed by atoms with Crippen molar-refractivity contribution in [3.05, 3.63) is 0 Å². The summed E-state index contributed by atoms with van der Waals surface area (Å²) in [4.78, 5) is 28.6. The minimum Gasteiger partial charge on any atom is -0.469 e. The number of ether oxygens (including phenoxy) is 1. The van der Waals surface area contributed by atoms with E-state index in [1.54, 1.807) is 19.0 Å². The molecule has 1 heterocycles. The van der Waals surface area contributed by atoms with Gasteiger partial charge in [-0.1, -0.05) is 0 Å². The van der Waals surface area contributed by atoms with Crippen LogP contribution in [0, 0.1) is 0 Å². The maximum absolute atomic E-state index is 11.6. The van der Waals surface area contributed by atoms with Gasteiger partial charge in [0.25, 0.3) is 0 Å². The van der Waals surface area contributed by atoms with E-state index in [-0.39, 0.29) is 11.9 Å². The summed E-state index contributed by atoms with van der Waals surface area (Å²) in [5, 5.41) is 0. The number of hydrogen-bond acceptors (Lipinski definition) is 5. The summed E-state index contributed by atoms with van der Waals surface area (Å²) in [5.41, 5.74) is 0. The van der Waals surface area contributed by atoms with Gasteiger partial charge in [-0.25, -0.2) is 0 Å². The van der Waals surface area contributed by atoms with E-state index in [2.05, 4.69) is 14.5 Å². The lowest BCUT2D eigenvalue weighted by Crippen LogP contribution is -2.49. The Labute approximate surface area is 108 Å². The van der Waals surface area contributed by atoms with Crippen molar-refractivity contribution in [3.63, 3.8) is 0 Å². The second kappa shape index (κ2) is 7.33. The molecule has 1 aliphatic heterocycles. The Balaban J connectivity index is 2.20. The lowest BCUT2D eigenvalue weighted by Gasteiger charge is -2.34. The molecule has 0 spiro atoms. The van der Waals surface area contributed by atoms with Gasteiger partial charge < -0.3 is 14.5 Å². The highest BCUT2D eigenvalue weighted by Crippen LogP contribution is 2.03. The molecule has 0 saturated carbocycles. The first kappa shape index (κ1) is 14.9. The highest BCUT2D eigenvalue weighted by atomic mass is 16.5. The zero-order valence-corrected chi connectivity index (χ0v) is 11.5. The number of esters is 1. The number of amides is 1. The van der Waals surface area contributed by atoms with Crippen molar-refractivity contribution < 1.29 is 14.3 Å². The second-order valence-corrected chi connectivity index (χ2v) is 4.73. The SMILES string of the molecule is COC(=O)CCN1CCN(CC(=O)N(C)C)CC1. The van der Waals surface area contributed by atoms with Crippen molar-refractivity contribution in [3.8, 4) is 0 Å². The average molecular weight is 257 g/mol. The van der Waals surface area contributed by atoms with Gasteiger partial charge in [0.2, 0.25) is 5.91 Å². The summed E-state index contributed by atoms with van der Waals surface area (Å²) in [6, 6.07) is 0. The molecule has 6 nitrogen and oxygen atoms in total. The van der Waals surface area contributed by atoms with Crippen LogP contribution >= 0.6 is 0 Å². The summed E-state index contributed by atoms with van der Waals surface area (Å²) in [6.45, 7) is 4.77. The first-order chi connectivity index (χ1) is 8.52. The molecule has 1 fully saturated rings. The lowest BCUT2D eigenvalue weighted by atomic mass is 10.3. The Morgan fingerprint density at radius 1 is 1.11 bits per heavy atom. The number of carbonyl (C=O) groups excluding carboxylic acids is 2. The van der Waals surface area contributed by atoms with Gasteiger partial charge in [-0.15, -0.1) is 0 Å². The third-order valence-corrected chi connectivity index (χ3v) is 3.18. The average Bonchev–Trinajstić information content (AvgIpc) is 2.37. The van der Waals surface area contributed by atoms with Crippen LogP contribution in [0.5, 0.6) is 0 Å². The van der Waals surface area contributed by atoms with Crippen molar-refractivity contribution in [2.24, 2.45) is 0 Å². The number of hydrogen-bond donors (Lipinski definition) is 0. The van der Waals surface area contributed by atoms with E-state index in [0.717, 1.165) is 32.7 Å². The molecule has 1 aliphatic rings. The molecule has 1 rings (SSSR count). The van der Waals surface area contributed by atoms with E-state index < -0.39 is 0 Å². The molecule has 0 unspecified atom stereocenters. The van der Waals surface area contributed by atoms with Crippen molar-refractivity contribution in [2.45, 2.75) is 6.42 Å². The molecule has 1 amide bonds. The second-order valence-electron chi connectivity index (χ2n) is 4.73. The number of likely N-dealkylation sites (N-methyl/N-ethyl adjacent to an activating group) is 1. The minimum absolute atomic E-state index is 0.137. The molecular formula is C12H23N3O3. The molecule has 0 aromatic carbocycles. The predicted octanol–water partition coefficient (Wildman–Crippen LogP) is -0.745. The van der Waals surface area contributed by atoms with Crippen LogP contribution < -0.4 is 0 Å². The Bertz CT molecular complexity index is 286. The van der Waals surface area contributed by atoms with Gasteiger partial charge in [-0.2, -0.15) is 0 Å². The Kier molecular flexibility index (Phi) is 6.07. The fourth-order valence-corrected chi connectivity index (χ4v) is 1.86. The molecule has 0 aromatic heterocycles. The van der Waals surface area contributed by atoms with Crippen molar-refractivity contribution in [2.75, 3.05) is 60.5 Å². The van der Waals surface area contributed by atoms with Gasteiger partial charge in [-0.05, 0) is 0 Å². The molecular weight excluding hydrogens is 234 g/mol. The van der Waals surface area contributed by atoms with E-state index in [1.165, 1.54) is 7.11 Å². The van der Waals surface area contributed by atoms with Gasteiger partial charge in [0, 0.05) is 46.8 Å². The topological polar surface area (TPSA) is 53.1 Å². The molecule has 1 saturated heterocycles. The zero-order valence-electron chi connectivity index (χ0n) is 11.5. The standard InChI is InChI=1S/C12H23N3O3/c1-13(2)11(16)10-15-8-6-14(7-9-15)5-4-12(17)18-3/h4-10H2,1-3H3. The fourth-order valence-electron chi connectivity index (χ4n) is 1.86. The number of nitrogens with zero attached hydrogens (tertiary/aromatic N) is 3. The van der Waals surface area contributed by atoms with Crippen LogP contribution in [-0.4, -0.2) is 87.0 Å². The number of rotatable bonds is 5. The van der Waals surface area contributed by atoms with E-state index >= 15 is 0 Å². The first-order valence-corrected chi connectivity index (χ1v) is 6.24. The van der Waals surface area contributed by atoms with Crippen molar-refractivity contribution in [1.82, 2.24) is 14.7 Å². The van der Waals surface area contributed by atoms with Crippen LogP contribution in [0.3, 0.4) is 0 Å². The van der Waals surface area contributed by atoms with Gasteiger partial charge in [0.1, 0.15) is 0 Å².